The third kappa shape index (κ3) is 6.77. The molecule has 0 spiro atoms. The van der Waals surface area contributed by atoms with Crippen LogP contribution in [0, 0.1) is 46.3 Å². The number of amides is 1. The van der Waals surface area contributed by atoms with Crippen molar-refractivity contribution in [3.63, 3.8) is 0 Å². The smallest absolute Gasteiger partial charge is 0.410 e. The van der Waals surface area contributed by atoms with Gasteiger partial charge in [0, 0.05) is 19.5 Å². The van der Waals surface area contributed by atoms with Crippen LogP contribution in [0.2, 0.25) is 0 Å². The van der Waals surface area contributed by atoms with Gasteiger partial charge in [-0.05, 0) is 124 Å². The fraction of sp³-hybridized carbons (Fsp3) is 0.914. The van der Waals surface area contributed by atoms with Crippen LogP contribution in [0.25, 0.3) is 0 Å². The highest BCUT2D eigenvalue weighted by Crippen LogP contribution is 2.67. The molecule has 3 saturated carbocycles. The summed E-state index contributed by atoms with van der Waals surface area (Å²) in [6.45, 7) is 15.2. The summed E-state index contributed by atoms with van der Waals surface area (Å²) in [7, 11) is 0. The predicted molar refractivity (Wildman–Crippen MR) is 167 cm³/mol. The van der Waals surface area contributed by atoms with Gasteiger partial charge in [0.1, 0.15) is 6.10 Å². The summed E-state index contributed by atoms with van der Waals surface area (Å²) in [5.74, 6) is 5.13. The zero-order valence-electron chi connectivity index (χ0n) is 26.8. The molecule has 0 saturated heterocycles. The summed E-state index contributed by atoms with van der Waals surface area (Å²) in [4.78, 5) is 15.0. The fourth-order valence-electron chi connectivity index (χ4n) is 9.99. The lowest BCUT2D eigenvalue weighted by Gasteiger charge is -2.58. The number of fused-ring (bicyclic) bond motifs is 5. The Kier molecular flexibility index (Phi) is 11.1. The number of carbonyl (C=O) groups excluding carboxylic acids is 1. The standard InChI is InChI=1S/C35H63N3O2/c1-25(2)10-8-11-26(3)30-14-15-31-29-13-12-27-24-28(16-18-34(27,4)32(29)17-19-35(30,31)5)40-33(39)38(23-9-21-37)22-7-6-20-36/h12,25-26,28-32H,6-11,13-24,36-37H2,1-5H3/t26-,28+,29+,30-,31+,32+,34+,35-/m1/s1. The SMILES string of the molecule is CC(C)CCC[C@@H](C)[C@H]1CC[C@H]2[C@@H]3CC=C4C[C@@H](OC(=O)N(CCCN)CCCCN)CC[C@]4(C)[C@H]3CC[C@]12C. The van der Waals surface area contributed by atoms with Crippen molar-refractivity contribution in [2.45, 2.75) is 131 Å². The molecule has 0 aromatic heterocycles. The Morgan fingerprint density at radius 1 is 0.950 bits per heavy atom. The van der Waals surface area contributed by atoms with Gasteiger partial charge in [0.2, 0.25) is 0 Å². The summed E-state index contributed by atoms with van der Waals surface area (Å²) in [6, 6.07) is 0. The molecule has 0 unspecified atom stereocenters. The molecular formula is C35H63N3O2. The van der Waals surface area contributed by atoms with Crippen LogP contribution in [-0.4, -0.2) is 43.3 Å². The maximum atomic E-state index is 13.1. The van der Waals surface area contributed by atoms with Gasteiger partial charge in [0.25, 0.3) is 0 Å². The van der Waals surface area contributed by atoms with E-state index in [0.29, 0.717) is 31.6 Å². The van der Waals surface area contributed by atoms with Crippen molar-refractivity contribution in [2.24, 2.45) is 57.8 Å². The van der Waals surface area contributed by atoms with E-state index in [-0.39, 0.29) is 17.6 Å². The van der Waals surface area contributed by atoms with Gasteiger partial charge in [0.05, 0.1) is 0 Å². The molecule has 4 aliphatic rings. The van der Waals surface area contributed by atoms with Gasteiger partial charge >= 0.3 is 6.09 Å². The van der Waals surface area contributed by atoms with E-state index in [1.165, 1.54) is 51.4 Å². The lowest BCUT2D eigenvalue weighted by atomic mass is 9.47. The molecule has 5 heteroatoms. The minimum absolute atomic E-state index is 0.00895. The van der Waals surface area contributed by atoms with Crippen LogP contribution in [0.15, 0.2) is 11.6 Å². The Morgan fingerprint density at radius 3 is 2.42 bits per heavy atom. The summed E-state index contributed by atoms with van der Waals surface area (Å²) in [6.07, 6.45) is 19.3. The molecule has 0 radical (unpaired) electrons. The van der Waals surface area contributed by atoms with Crippen molar-refractivity contribution in [1.29, 1.82) is 0 Å². The number of ether oxygens (including phenoxy) is 1. The first kappa shape index (κ1) is 31.9. The molecule has 0 bridgehead atoms. The Bertz CT molecular complexity index is 858. The zero-order chi connectivity index (χ0) is 28.9. The number of nitrogens with two attached hydrogens (primary N) is 2. The maximum absolute atomic E-state index is 13.1. The number of allylic oxidation sites excluding steroid dienone is 1. The highest BCUT2D eigenvalue weighted by Gasteiger charge is 2.59. The molecule has 230 valence electrons. The quantitative estimate of drug-likeness (QED) is 0.178. The highest BCUT2D eigenvalue weighted by molar-refractivity contribution is 5.67. The van der Waals surface area contributed by atoms with Gasteiger partial charge in [-0.15, -0.1) is 0 Å². The molecule has 4 aliphatic carbocycles. The Morgan fingerprint density at radius 2 is 1.70 bits per heavy atom. The van der Waals surface area contributed by atoms with Crippen molar-refractivity contribution in [3.8, 4) is 0 Å². The molecule has 0 heterocycles. The molecular weight excluding hydrogens is 494 g/mol. The Hall–Kier alpha value is -1.07. The summed E-state index contributed by atoms with van der Waals surface area (Å²) < 4.78 is 6.16. The lowest BCUT2D eigenvalue weighted by Crippen LogP contribution is -2.51. The van der Waals surface area contributed by atoms with E-state index in [9.17, 15) is 4.79 Å². The first-order valence-electron chi connectivity index (χ1n) is 17.2. The first-order chi connectivity index (χ1) is 19.1. The second-order valence-corrected chi connectivity index (χ2v) is 15.2. The molecule has 40 heavy (non-hydrogen) atoms. The van der Waals surface area contributed by atoms with E-state index >= 15 is 0 Å². The third-order valence-electron chi connectivity index (χ3n) is 12.3. The number of hydrogen-bond donors (Lipinski definition) is 2. The normalized spacial score (nSPS) is 35.9. The number of rotatable bonds is 13. The van der Waals surface area contributed by atoms with Gasteiger partial charge in [-0.2, -0.15) is 0 Å². The molecule has 1 amide bonds. The van der Waals surface area contributed by atoms with Crippen molar-refractivity contribution < 1.29 is 9.53 Å². The van der Waals surface area contributed by atoms with E-state index in [1.807, 2.05) is 4.90 Å². The van der Waals surface area contributed by atoms with Crippen LogP contribution < -0.4 is 11.5 Å². The Balaban J connectivity index is 1.38. The Labute approximate surface area is 246 Å². The van der Waals surface area contributed by atoms with Gasteiger partial charge in [-0.1, -0.05) is 65.5 Å². The number of hydrogen-bond acceptors (Lipinski definition) is 4. The monoisotopic (exact) mass is 557 g/mol. The molecule has 4 rings (SSSR count). The highest BCUT2D eigenvalue weighted by atomic mass is 16.6. The first-order valence-corrected chi connectivity index (χ1v) is 17.2. The average molecular weight is 558 g/mol. The minimum Gasteiger partial charge on any atom is -0.446 e. The van der Waals surface area contributed by atoms with Crippen molar-refractivity contribution in [2.75, 3.05) is 26.2 Å². The van der Waals surface area contributed by atoms with Crippen LogP contribution in [0.1, 0.15) is 125 Å². The predicted octanol–water partition coefficient (Wildman–Crippen LogP) is 7.92. The van der Waals surface area contributed by atoms with E-state index in [1.54, 1.807) is 5.57 Å². The van der Waals surface area contributed by atoms with Crippen LogP contribution in [0.3, 0.4) is 0 Å². The summed E-state index contributed by atoms with van der Waals surface area (Å²) in [5.41, 5.74) is 13.8. The third-order valence-corrected chi connectivity index (χ3v) is 12.3. The van der Waals surface area contributed by atoms with Crippen molar-refractivity contribution in [3.05, 3.63) is 11.6 Å². The van der Waals surface area contributed by atoms with E-state index in [4.69, 9.17) is 16.2 Å². The lowest BCUT2D eigenvalue weighted by molar-refractivity contribution is -0.0593. The molecule has 0 aromatic rings. The van der Waals surface area contributed by atoms with Crippen LogP contribution >= 0.6 is 0 Å². The van der Waals surface area contributed by atoms with Crippen LogP contribution in [0.4, 0.5) is 4.79 Å². The van der Waals surface area contributed by atoms with E-state index in [0.717, 1.165) is 74.0 Å². The van der Waals surface area contributed by atoms with Crippen molar-refractivity contribution in [1.82, 2.24) is 4.90 Å². The second kappa shape index (κ2) is 13.9. The minimum atomic E-state index is -0.152. The molecule has 0 aromatic carbocycles. The van der Waals surface area contributed by atoms with Gasteiger partial charge in [0.15, 0.2) is 0 Å². The fourth-order valence-corrected chi connectivity index (χ4v) is 9.99. The molecule has 5 nitrogen and oxygen atoms in total. The maximum Gasteiger partial charge on any atom is 0.410 e. The molecule has 8 atom stereocenters. The van der Waals surface area contributed by atoms with Crippen LogP contribution in [-0.2, 0) is 4.74 Å². The average Bonchev–Trinajstić information content (AvgIpc) is 3.28. The molecule has 0 aliphatic heterocycles. The van der Waals surface area contributed by atoms with Gasteiger partial charge in [-0.25, -0.2) is 4.79 Å². The summed E-state index contributed by atoms with van der Waals surface area (Å²) >= 11 is 0. The van der Waals surface area contributed by atoms with E-state index in [2.05, 4.69) is 40.7 Å². The number of carbonyl (C=O) groups is 1. The summed E-state index contributed by atoms with van der Waals surface area (Å²) in [5, 5.41) is 0. The zero-order valence-corrected chi connectivity index (χ0v) is 26.8. The second-order valence-electron chi connectivity index (χ2n) is 15.2. The van der Waals surface area contributed by atoms with Crippen LogP contribution in [0.5, 0.6) is 0 Å². The van der Waals surface area contributed by atoms with E-state index < -0.39 is 0 Å². The van der Waals surface area contributed by atoms with Crippen molar-refractivity contribution >= 4 is 6.09 Å². The molecule has 4 N–H and O–H groups in total. The molecule has 3 fully saturated rings. The largest absolute Gasteiger partial charge is 0.446 e. The number of unbranched alkanes of at least 4 members (excludes halogenated alkanes) is 1. The number of nitrogens with zero attached hydrogens (tertiary/aromatic N) is 1. The topological polar surface area (TPSA) is 81.6 Å². The van der Waals surface area contributed by atoms with Gasteiger partial charge < -0.3 is 21.1 Å². The van der Waals surface area contributed by atoms with Gasteiger partial charge in [-0.3, -0.25) is 0 Å².